The summed E-state index contributed by atoms with van der Waals surface area (Å²) in [6.07, 6.45) is -0.317. The van der Waals surface area contributed by atoms with E-state index >= 15 is 0 Å². The molecule has 0 amide bonds. The van der Waals surface area contributed by atoms with Gasteiger partial charge in [0.15, 0.2) is 0 Å². The van der Waals surface area contributed by atoms with Crippen LogP contribution in [0, 0.1) is 0 Å². The Balaban J connectivity index is 2.36. The van der Waals surface area contributed by atoms with Crippen LogP contribution in [0.1, 0.15) is 45.6 Å². The number of ether oxygens (including phenoxy) is 1. The Morgan fingerprint density at radius 2 is 1.67 bits per heavy atom. The van der Waals surface area contributed by atoms with E-state index in [-0.39, 0.29) is 11.5 Å². The second kappa shape index (κ2) is 6.17. The van der Waals surface area contributed by atoms with Crippen molar-refractivity contribution < 1.29 is 17.9 Å². The lowest BCUT2D eigenvalue weighted by Crippen LogP contribution is -2.40. The van der Waals surface area contributed by atoms with Crippen molar-refractivity contribution in [2.45, 2.75) is 64.1 Å². The van der Waals surface area contributed by atoms with Crippen molar-refractivity contribution in [2.24, 2.45) is 0 Å². The molecule has 5 heteroatoms. The zero-order valence-corrected chi connectivity index (χ0v) is 16.7. The summed E-state index contributed by atoms with van der Waals surface area (Å²) in [5, 5.41) is -0.0201. The zero-order chi connectivity index (χ0) is 18.3. The standard InChI is InChI=1S/C19H28F2O2Si/c1-13-16(23-24(6,7)18(2,3)4)12-19(20,21)17(13)14-8-10-15(22-5)11-9-14/h8-11,17H,12H2,1-7H3. The zero-order valence-electron chi connectivity index (χ0n) is 15.7. The normalized spacial score (nSPS) is 21.1. The van der Waals surface area contributed by atoms with E-state index in [4.69, 9.17) is 9.16 Å². The fraction of sp³-hybridized carbons (Fsp3) is 0.579. The van der Waals surface area contributed by atoms with E-state index in [1.165, 1.54) is 0 Å². The molecular weight excluding hydrogens is 326 g/mol. The minimum atomic E-state index is -2.82. The predicted molar refractivity (Wildman–Crippen MR) is 96.3 cm³/mol. The molecule has 24 heavy (non-hydrogen) atoms. The molecular formula is C19H28F2O2Si. The van der Waals surface area contributed by atoms with Crippen molar-refractivity contribution in [1.82, 2.24) is 0 Å². The molecule has 1 atom stereocenters. The Hall–Kier alpha value is -1.36. The molecule has 1 aliphatic rings. The number of methoxy groups -OCH3 is 1. The molecule has 1 aromatic rings. The molecule has 0 fully saturated rings. The first-order chi connectivity index (χ1) is 10.9. The van der Waals surface area contributed by atoms with Gasteiger partial charge < -0.3 is 9.16 Å². The van der Waals surface area contributed by atoms with Gasteiger partial charge in [0.25, 0.3) is 5.92 Å². The van der Waals surface area contributed by atoms with Crippen LogP contribution in [-0.4, -0.2) is 21.3 Å². The Morgan fingerprint density at radius 1 is 1.12 bits per heavy atom. The lowest BCUT2D eigenvalue weighted by molar-refractivity contribution is -0.00944. The second-order valence-corrected chi connectivity index (χ2v) is 12.8. The molecule has 0 heterocycles. The number of alkyl halides is 2. The van der Waals surface area contributed by atoms with Crippen LogP contribution in [-0.2, 0) is 4.43 Å². The van der Waals surface area contributed by atoms with Crippen molar-refractivity contribution in [3.05, 3.63) is 41.2 Å². The van der Waals surface area contributed by atoms with Gasteiger partial charge in [0, 0.05) is 0 Å². The molecule has 1 aliphatic carbocycles. The van der Waals surface area contributed by atoms with Gasteiger partial charge in [0.1, 0.15) is 5.75 Å². The minimum Gasteiger partial charge on any atom is -0.546 e. The molecule has 0 saturated carbocycles. The van der Waals surface area contributed by atoms with Crippen LogP contribution in [0.4, 0.5) is 8.78 Å². The molecule has 0 saturated heterocycles. The molecule has 0 spiro atoms. The van der Waals surface area contributed by atoms with E-state index in [1.807, 2.05) is 0 Å². The predicted octanol–water partition coefficient (Wildman–Crippen LogP) is 6.11. The summed E-state index contributed by atoms with van der Waals surface area (Å²) in [5.74, 6) is -2.61. The number of halogens is 2. The fourth-order valence-electron chi connectivity index (χ4n) is 2.80. The lowest BCUT2D eigenvalue weighted by atomic mass is 9.91. The maximum Gasteiger partial charge on any atom is 0.265 e. The first-order valence-corrected chi connectivity index (χ1v) is 11.2. The number of hydrogen-bond donors (Lipinski definition) is 0. The van der Waals surface area contributed by atoms with E-state index in [1.54, 1.807) is 38.3 Å². The van der Waals surface area contributed by atoms with Crippen LogP contribution in [0.5, 0.6) is 5.75 Å². The SMILES string of the molecule is COc1ccc(C2C(C)=C(O[Si](C)(C)C(C)(C)C)CC2(F)F)cc1. The first kappa shape index (κ1) is 19.0. The van der Waals surface area contributed by atoms with Crippen LogP contribution < -0.4 is 4.74 Å². The summed E-state index contributed by atoms with van der Waals surface area (Å²) in [4.78, 5) is 0. The van der Waals surface area contributed by atoms with Crippen LogP contribution in [0.2, 0.25) is 18.1 Å². The lowest BCUT2D eigenvalue weighted by Gasteiger charge is -2.37. The minimum absolute atomic E-state index is 0.0201. The third kappa shape index (κ3) is 3.51. The van der Waals surface area contributed by atoms with Gasteiger partial charge >= 0.3 is 0 Å². The molecule has 2 nitrogen and oxygen atoms in total. The highest BCUT2D eigenvalue weighted by atomic mass is 28.4. The van der Waals surface area contributed by atoms with Crippen LogP contribution in [0.15, 0.2) is 35.6 Å². The maximum absolute atomic E-state index is 14.7. The number of rotatable bonds is 4. The third-order valence-corrected chi connectivity index (χ3v) is 9.69. The van der Waals surface area contributed by atoms with Crippen molar-refractivity contribution in [1.29, 1.82) is 0 Å². The second-order valence-electron chi connectivity index (χ2n) is 8.11. The van der Waals surface area contributed by atoms with E-state index in [0.29, 0.717) is 22.6 Å². The Labute approximate surface area is 145 Å². The third-order valence-electron chi connectivity index (χ3n) is 5.33. The maximum atomic E-state index is 14.7. The van der Waals surface area contributed by atoms with Crippen molar-refractivity contribution >= 4 is 8.32 Å². The van der Waals surface area contributed by atoms with E-state index < -0.39 is 20.2 Å². The summed E-state index contributed by atoms with van der Waals surface area (Å²) in [6.45, 7) is 12.3. The molecule has 0 bridgehead atoms. The highest BCUT2D eigenvalue weighted by molar-refractivity contribution is 6.74. The molecule has 2 rings (SSSR count). The number of benzene rings is 1. The topological polar surface area (TPSA) is 18.5 Å². The van der Waals surface area contributed by atoms with Gasteiger partial charge in [0.2, 0.25) is 8.32 Å². The number of hydrogen-bond acceptors (Lipinski definition) is 2. The van der Waals surface area contributed by atoms with Gasteiger partial charge in [-0.15, -0.1) is 0 Å². The summed E-state index contributed by atoms with van der Waals surface area (Å²) in [6, 6.07) is 6.89. The van der Waals surface area contributed by atoms with Gasteiger partial charge in [0.05, 0.1) is 25.2 Å². The van der Waals surface area contributed by atoms with E-state index in [9.17, 15) is 8.78 Å². The van der Waals surface area contributed by atoms with Crippen molar-refractivity contribution in [2.75, 3.05) is 7.11 Å². The number of allylic oxidation sites excluding steroid dienone is 2. The van der Waals surface area contributed by atoms with Crippen LogP contribution in [0.25, 0.3) is 0 Å². The first-order valence-electron chi connectivity index (χ1n) is 8.29. The molecule has 0 radical (unpaired) electrons. The highest BCUT2D eigenvalue weighted by Gasteiger charge is 2.51. The fourth-order valence-corrected chi connectivity index (χ4v) is 3.96. The average Bonchev–Trinajstić information content (AvgIpc) is 2.66. The summed E-state index contributed by atoms with van der Waals surface area (Å²) < 4.78 is 40.8. The van der Waals surface area contributed by atoms with Gasteiger partial charge in [-0.3, -0.25) is 0 Å². The Morgan fingerprint density at radius 3 is 2.12 bits per heavy atom. The van der Waals surface area contributed by atoms with Crippen molar-refractivity contribution in [3.8, 4) is 5.75 Å². The van der Waals surface area contributed by atoms with E-state index in [0.717, 1.165) is 0 Å². The van der Waals surface area contributed by atoms with Gasteiger partial charge in [-0.05, 0) is 48.3 Å². The van der Waals surface area contributed by atoms with Gasteiger partial charge in [-0.25, -0.2) is 8.78 Å². The summed E-state index contributed by atoms with van der Waals surface area (Å²) in [7, 11) is -0.566. The monoisotopic (exact) mass is 354 g/mol. The molecule has 1 unspecified atom stereocenters. The van der Waals surface area contributed by atoms with Crippen LogP contribution in [0.3, 0.4) is 0 Å². The highest BCUT2D eigenvalue weighted by Crippen LogP contribution is 2.52. The summed E-state index contributed by atoms with van der Waals surface area (Å²) >= 11 is 0. The van der Waals surface area contributed by atoms with E-state index in [2.05, 4.69) is 33.9 Å². The molecule has 134 valence electrons. The molecule has 0 aliphatic heterocycles. The Bertz CT molecular complexity index is 628. The summed E-state index contributed by atoms with van der Waals surface area (Å²) in [5.41, 5.74) is 1.25. The molecule has 1 aromatic carbocycles. The average molecular weight is 355 g/mol. The van der Waals surface area contributed by atoms with Gasteiger partial charge in [-0.1, -0.05) is 32.9 Å². The Kier molecular flexibility index (Phi) is 4.88. The van der Waals surface area contributed by atoms with Crippen LogP contribution >= 0.6 is 0 Å². The largest absolute Gasteiger partial charge is 0.546 e. The van der Waals surface area contributed by atoms with Crippen molar-refractivity contribution in [3.63, 3.8) is 0 Å². The smallest absolute Gasteiger partial charge is 0.265 e. The van der Waals surface area contributed by atoms with Gasteiger partial charge in [-0.2, -0.15) is 0 Å². The molecule has 0 aromatic heterocycles. The quantitative estimate of drug-likeness (QED) is 0.607. The molecule has 0 N–H and O–H groups in total.